The van der Waals surface area contributed by atoms with Crippen molar-refractivity contribution in [2.75, 3.05) is 13.7 Å². The fourth-order valence-corrected chi connectivity index (χ4v) is 3.96. The highest BCUT2D eigenvalue weighted by Gasteiger charge is 2.13. The first-order chi connectivity index (χ1) is 16.4. The molecule has 4 nitrogen and oxygen atoms in total. The van der Waals surface area contributed by atoms with Crippen LogP contribution in [0.2, 0.25) is 0 Å². The molecule has 0 radical (unpaired) electrons. The van der Waals surface area contributed by atoms with Crippen LogP contribution >= 0.6 is 0 Å². The minimum Gasteiger partial charge on any atom is -0.497 e. The van der Waals surface area contributed by atoms with Gasteiger partial charge in [-0.2, -0.15) is 0 Å². The van der Waals surface area contributed by atoms with Crippen LogP contribution in [-0.4, -0.2) is 23.3 Å². The number of aromatic nitrogens is 2. The van der Waals surface area contributed by atoms with Gasteiger partial charge in [-0.25, -0.2) is 4.98 Å². The van der Waals surface area contributed by atoms with E-state index in [1.807, 2.05) is 30.3 Å². The van der Waals surface area contributed by atoms with Crippen LogP contribution in [-0.2, 0) is 12.0 Å². The second-order valence-electron chi connectivity index (χ2n) is 9.55. The maximum atomic E-state index is 5.99. The first kappa shape index (κ1) is 23.6. The number of aryl methyl sites for hydroxylation is 1. The van der Waals surface area contributed by atoms with Crippen molar-refractivity contribution in [2.45, 2.75) is 45.6 Å². The number of ether oxygens (including phenoxy) is 2. The van der Waals surface area contributed by atoms with Crippen LogP contribution in [0.4, 0.5) is 0 Å². The third-order valence-electron chi connectivity index (χ3n) is 5.99. The summed E-state index contributed by atoms with van der Waals surface area (Å²) in [6, 6.07) is 24.8. The summed E-state index contributed by atoms with van der Waals surface area (Å²) in [6.07, 6.45) is 6.19. The molecule has 0 aliphatic heterocycles. The highest BCUT2D eigenvalue weighted by molar-refractivity contribution is 5.79. The molecule has 0 spiro atoms. The van der Waals surface area contributed by atoms with E-state index in [9.17, 15) is 0 Å². The number of fused-ring (bicyclic) bond motifs is 1. The topological polar surface area (TPSA) is 36.3 Å². The molecule has 0 fully saturated rings. The van der Waals surface area contributed by atoms with Crippen LogP contribution < -0.4 is 9.47 Å². The van der Waals surface area contributed by atoms with E-state index >= 15 is 0 Å². The molecule has 0 saturated heterocycles. The zero-order chi connectivity index (χ0) is 24.0. The van der Waals surface area contributed by atoms with Crippen molar-refractivity contribution < 1.29 is 9.47 Å². The number of methoxy groups -OCH3 is 1. The van der Waals surface area contributed by atoms with Crippen molar-refractivity contribution >= 4 is 23.2 Å². The summed E-state index contributed by atoms with van der Waals surface area (Å²) in [4.78, 5) is 4.86. The standard InChI is InChI=1S/C30H34N2O2/c1-30(2,3)24-14-18-26(19-15-24)34-22-8-7-21-32-28-10-6-5-9-27(28)31-29(32)20-13-23-11-16-25(33-4)17-12-23/h5-6,9-20H,7-8,21-22H2,1-4H3/b20-13+. The fraction of sp³-hybridized carbons (Fsp3) is 0.300. The predicted molar refractivity (Wildman–Crippen MR) is 142 cm³/mol. The molecule has 1 heterocycles. The van der Waals surface area contributed by atoms with Gasteiger partial charge in [-0.05, 0) is 71.9 Å². The summed E-state index contributed by atoms with van der Waals surface area (Å²) in [6.45, 7) is 8.28. The molecule has 0 unspecified atom stereocenters. The predicted octanol–water partition coefficient (Wildman–Crippen LogP) is 7.37. The smallest absolute Gasteiger partial charge is 0.133 e. The lowest BCUT2D eigenvalue weighted by molar-refractivity contribution is 0.303. The van der Waals surface area contributed by atoms with Crippen LogP contribution in [0.3, 0.4) is 0 Å². The Bertz CT molecular complexity index is 1230. The van der Waals surface area contributed by atoms with E-state index in [1.54, 1.807) is 7.11 Å². The van der Waals surface area contributed by atoms with Gasteiger partial charge in [0, 0.05) is 6.54 Å². The molecule has 0 aliphatic rings. The van der Waals surface area contributed by atoms with Crippen LogP contribution in [0, 0.1) is 0 Å². The highest BCUT2D eigenvalue weighted by Crippen LogP contribution is 2.24. The van der Waals surface area contributed by atoms with Gasteiger partial charge in [0.25, 0.3) is 0 Å². The Morgan fingerprint density at radius 1 is 0.824 bits per heavy atom. The molecule has 4 rings (SSSR count). The SMILES string of the molecule is COc1ccc(/C=C/c2nc3ccccc3n2CCCCOc2ccc(C(C)(C)C)cc2)cc1. The minimum absolute atomic E-state index is 0.158. The number of nitrogens with zero attached hydrogens (tertiary/aromatic N) is 2. The summed E-state index contributed by atoms with van der Waals surface area (Å²) >= 11 is 0. The van der Waals surface area contributed by atoms with Gasteiger partial charge in [0.1, 0.15) is 17.3 Å². The van der Waals surface area contributed by atoms with Gasteiger partial charge in [-0.1, -0.05) is 63.2 Å². The Morgan fingerprint density at radius 3 is 2.24 bits per heavy atom. The van der Waals surface area contributed by atoms with E-state index < -0.39 is 0 Å². The Hall–Kier alpha value is -3.53. The van der Waals surface area contributed by atoms with Gasteiger partial charge in [-0.15, -0.1) is 0 Å². The van der Waals surface area contributed by atoms with Crippen LogP contribution in [0.5, 0.6) is 11.5 Å². The molecule has 1 aromatic heterocycles. The summed E-state index contributed by atoms with van der Waals surface area (Å²) in [5.41, 5.74) is 4.78. The maximum Gasteiger partial charge on any atom is 0.133 e. The average Bonchev–Trinajstić information content (AvgIpc) is 3.20. The second kappa shape index (κ2) is 10.6. The van der Waals surface area contributed by atoms with E-state index in [1.165, 1.54) is 5.56 Å². The Morgan fingerprint density at radius 2 is 1.53 bits per heavy atom. The van der Waals surface area contributed by atoms with E-state index in [2.05, 4.69) is 80.0 Å². The number of unbranched alkanes of at least 4 members (excludes halogenated alkanes) is 1. The highest BCUT2D eigenvalue weighted by atomic mass is 16.5. The van der Waals surface area contributed by atoms with Crippen molar-refractivity contribution in [1.29, 1.82) is 0 Å². The summed E-state index contributed by atoms with van der Waals surface area (Å²) in [5.74, 6) is 2.76. The van der Waals surface area contributed by atoms with Crippen molar-refractivity contribution in [2.24, 2.45) is 0 Å². The van der Waals surface area contributed by atoms with Crippen molar-refractivity contribution in [3.8, 4) is 11.5 Å². The summed E-state index contributed by atoms with van der Waals surface area (Å²) < 4.78 is 13.5. The molecule has 3 aromatic carbocycles. The largest absolute Gasteiger partial charge is 0.497 e. The Kier molecular flexibility index (Phi) is 7.36. The van der Waals surface area contributed by atoms with Gasteiger partial charge in [0.2, 0.25) is 0 Å². The molecule has 4 aromatic rings. The lowest BCUT2D eigenvalue weighted by Crippen LogP contribution is -2.10. The average molecular weight is 455 g/mol. The van der Waals surface area contributed by atoms with Crippen molar-refractivity contribution in [1.82, 2.24) is 9.55 Å². The molecular weight excluding hydrogens is 420 g/mol. The fourth-order valence-electron chi connectivity index (χ4n) is 3.96. The van der Waals surface area contributed by atoms with Crippen LogP contribution in [0.1, 0.15) is 50.6 Å². The minimum atomic E-state index is 0.158. The van der Waals surface area contributed by atoms with Gasteiger partial charge in [0.15, 0.2) is 0 Å². The number of para-hydroxylation sites is 2. The number of imidazole rings is 1. The van der Waals surface area contributed by atoms with E-state index in [-0.39, 0.29) is 5.41 Å². The number of hydrogen-bond acceptors (Lipinski definition) is 3. The first-order valence-electron chi connectivity index (χ1n) is 11.9. The lowest BCUT2D eigenvalue weighted by atomic mass is 9.87. The Labute approximate surface area is 202 Å². The number of rotatable bonds is 9. The van der Waals surface area contributed by atoms with Gasteiger partial charge in [0.05, 0.1) is 24.8 Å². The maximum absolute atomic E-state index is 5.99. The van der Waals surface area contributed by atoms with Crippen molar-refractivity contribution in [3.05, 3.63) is 89.7 Å². The van der Waals surface area contributed by atoms with E-state index in [4.69, 9.17) is 14.5 Å². The number of benzene rings is 3. The van der Waals surface area contributed by atoms with Gasteiger partial charge < -0.3 is 14.0 Å². The molecule has 34 heavy (non-hydrogen) atoms. The number of hydrogen-bond donors (Lipinski definition) is 0. The third-order valence-corrected chi connectivity index (χ3v) is 5.99. The van der Waals surface area contributed by atoms with E-state index in [0.717, 1.165) is 53.3 Å². The summed E-state index contributed by atoms with van der Waals surface area (Å²) in [7, 11) is 1.68. The zero-order valence-electron chi connectivity index (χ0n) is 20.6. The zero-order valence-corrected chi connectivity index (χ0v) is 20.6. The molecule has 0 bridgehead atoms. The normalized spacial score (nSPS) is 11.9. The van der Waals surface area contributed by atoms with Crippen LogP contribution in [0.15, 0.2) is 72.8 Å². The molecular formula is C30H34N2O2. The molecule has 176 valence electrons. The quantitative estimate of drug-likeness (QED) is 0.248. The molecule has 0 amide bonds. The first-order valence-corrected chi connectivity index (χ1v) is 11.9. The monoisotopic (exact) mass is 454 g/mol. The second-order valence-corrected chi connectivity index (χ2v) is 9.55. The van der Waals surface area contributed by atoms with E-state index in [0.29, 0.717) is 6.61 Å². The Balaban J connectivity index is 1.38. The van der Waals surface area contributed by atoms with Gasteiger partial charge >= 0.3 is 0 Å². The summed E-state index contributed by atoms with van der Waals surface area (Å²) in [5, 5.41) is 0. The molecule has 0 aliphatic carbocycles. The molecule has 0 saturated carbocycles. The molecule has 0 atom stereocenters. The van der Waals surface area contributed by atoms with Crippen LogP contribution in [0.25, 0.3) is 23.2 Å². The molecule has 0 N–H and O–H groups in total. The van der Waals surface area contributed by atoms with Crippen molar-refractivity contribution in [3.63, 3.8) is 0 Å². The lowest BCUT2D eigenvalue weighted by Gasteiger charge is -2.19. The van der Waals surface area contributed by atoms with Gasteiger partial charge in [-0.3, -0.25) is 0 Å². The third kappa shape index (κ3) is 5.88. The molecule has 4 heteroatoms.